The van der Waals surface area contributed by atoms with E-state index in [-0.39, 0.29) is 5.70 Å². The van der Waals surface area contributed by atoms with Gasteiger partial charge in [-0.2, -0.15) is 0 Å². The fourth-order valence-electron chi connectivity index (χ4n) is 3.08. The van der Waals surface area contributed by atoms with Crippen LogP contribution in [-0.4, -0.2) is 11.9 Å². The lowest BCUT2D eigenvalue weighted by atomic mass is 10.1. The van der Waals surface area contributed by atoms with E-state index in [0.29, 0.717) is 17.5 Å². The Hall–Kier alpha value is -1.91. The summed E-state index contributed by atoms with van der Waals surface area (Å²) in [6.07, 6.45) is 1.73. The molecule has 0 fully saturated rings. The molecule has 1 aliphatic heterocycles. The lowest BCUT2D eigenvalue weighted by molar-refractivity contribution is -0.129. The predicted molar refractivity (Wildman–Crippen MR) is 139 cm³/mol. The molecule has 31 heavy (non-hydrogen) atoms. The number of nitrogens with zero attached hydrogens (tertiary/aromatic N) is 1. The van der Waals surface area contributed by atoms with Crippen molar-refractivity contribution >= 4 is 74.7 Å². The topological polar surface area (TPSA) is 47.9 Å². The maximum atomic E-state index is 12.4. The molecule has 0 aromatic heterocycles. The number of aliphatic imine (C=N–C) groups is 1. The SMILES string of the molecule is Cc1ccccc1C1=N/C(=C\c2cc(I)c(OCc3cccc(Cl)c3)c(I)c2)C(=O)O1. The van der Waals surface area contributed by atoms with E-state index in [2.05, 4.69) is 50.2 Å². The zero-order valence-electron chi connectivity index (χ0n) is 16.4. The second-order valence-electron chi connectivity index (χ2n) is 6.88. The van der Waals surface area contributed by atoms with Crippen molar-refractivity contribution in [3.63, 3.8) is 0 Å². The number of hydrogen-bond acceptors (Lipinski definition) is 4. The first kappa shape index (κ1) is 22.3. The first-order valence-electron chi connectivity index (χ1n) is 9.35. The van der Waals surface area contributed by atoms with Gasteiger partial charge in [-0.15, -0.1) is 0 Å². The van der Waals surface area contributed by atoms with Gasteiger partial charge in [0, 0.05) is 10.6 Å². The summed E-state index contributed by atoms with van der Waals surface area (Å²) in [5.41, 5.74) is 3.94. The van der Waals surface area contributed by atoms with Gasteiger partial charge in [0.05, 0.1) is 7.14 Å². The van der Waals surface area contributed by atoms with Crippen molar-refractivity contribution in [1.82, 2.24) is 0 Å². The van der Waals surface area contributed by atoms with Crippen molar-refractivity contribution in [2.45, 2.75) is 13.5 Å². The van der Waals surface area contributed by atoms with E-state index >= 15 is 0 Å². The number of ether oxygens (including phenoxy) is 2. The normalized spacial score (nSPS) is 14.5. The fourth-order valence-corrected chi connectivity index (χ4v) is 5.42. The first-order valence-corrected chi connectivity index (χ1v) is 11.9. The van der Waals surface area contributed by atoms with E-state index in [1.807, 2.05) is 67.6 Å². The molecule has 0 saturated heterocycles. The average Bonchev–Trinajstić information content (AvgIpc) is 3.08. The monoisotopic (exact) mass is 655 g/mol. The van der Waals surface area contributed by atoms with Crippen LogP contribution in [0.15, 0.2) is 71.4 Å². The Morgan fingerprint density at radius 3 is 2.52 bits per heavy atom. The maximum absolute atomic E-state index is 12.4. The number of hydrogen-bond donors (Lipinski definition) is 0. The van der Waals surface area contributed by atoms with Crippen molar-refractivity contribution < 1.29 is 14.3 Å². The van der Waals surface area contributed by atoms with Gasteiger partial charge in [0.15, 0.2) is 5.70 Å². The molecule has 1 aliphatic rings. The first-order chi connectivity index (χ1) is 14.9. The number of halogens is 3. The summed E-state index contributed by atoms with van der Waals surface area (Å²) in [7, 11) is 0. The molecule has 0 N–H and O–H groups in total. The summed E-state index contributed by atoms with van der Waals surface area (Å²) >= 11 is 10.5. The van der Waals surface area contributed by atoms with E-state index in [0.717, 1.165) is 35.1 Å². The molecule has 0 aliphatic carbocycles. The molecule has 3 aromatic carbocycles. The third-order valence-corrected chi connectivity index (χ3v) is 6.43. The number of carbonyl (C=O) groups is 1. The van der Waals surface area contributed by atoms with Crippen LogP contribution in [0, 0.1) is 14.1 Å². The van der Waals surface area contributed by atoms with E-state index in [1.54, 1.807) is 6.08 Å². The van der Waals surface area contributed by atoms with E-state index < -0.39 is 5.97 Å². The minimum Gasteiger partial charge on any atom is -0.487 e. The van der Waals surface area contributed by atoms with Crippen LogP contribution in [0.5, 0.6) is 5.75 Å². The van der Waals surface area contributed by atoms with Gasteiger partial charge in [0.25, 0.3) is 0 Å². The molecular weight excluding hydrogens is 640 g/mol. The van der Waals surface area contributed by atoms with Crippen molar-refractivity contribution in [3.05, 3.63) is 101 Å². The van der Waals surface area contributed by atoms with Gasteiger partial charge in [-0.25, -0.2) is 9.79 Å². The summed E-state index contributed by atoms with van der Waals surface area (Å²) in [5.74, 6) is 0.672. The van der Waals surface area contributed by atoms with Crippen LogP contribution in [0.1, 0.15) is 22.3 Å². The minimum atomic E-state index is -0.454. The van der Waals surface area contributed by atoms with Crippen molar-refractivity contribution in [3.8, 4) is 5.75 Å². The molecular formula is C24H16ClI2NO3. The molecule has 0 spiro atoms. The number of rotatable bonds is 5. The number of aryl methyl sites for hydroxylation is 1. The van der Waals surface area contributed by atoms with Gasteiger partial charge in [-0.05, 0) is 105 Å². The summed E-state index contributed by atoms with van der Waals surface area (Å²) in [6.45, 7) is 2.38. The Balaban J connectivity index is 1.57. The van der Waals surface area contributed by atoms with E-state index in [1.165, 1.54) is 0 Å². The number of benzene rings is 3. The van der Waals surface area contributed by atoms with Gasteiger partial charge in [-0.3, -0.25) is 0 Å². The fraction of sp³-hybridized carbons (Fsp3) is 0.0833. The summed E-state index contributed by atoms with van der Waals surface area (Å²) in [5, 5.41) is 0.682. The number of carbonyl (C=O) groups excluding carboxylic acids is 1. The van der Waals surface area contributed by atoms with Crippen LogP contribution in [-0.2, 0) is 16.1 Å². The highest BCUT2D eigenvalue weighted by Crippen LogP contribution is 2.31. The van der Waals surface area contributed by atoms with Crippen LogP contribution >= 0.6 is 56.8 Å². The number of esters is 1. The molecule has 1 heterocycles. The Bertz CT molecular complexity index is 1210. The van der Waals surface area contributed by atoms with Gasteiger partial charge in [0.2, 0.25) is 5.90 Å². The van der Waals surface area contributed by atoms with E-state index in [4.69, 9.17) is 21.1 Å². The largest absolute Gasteiger partial charge is 0.487 e. The lowest BCUT2D eigenvalue weighted by Crippen LogP contribution is -2.06. The molecule has 4 nitrogen and oxygen atoms in total. The highest BCUT2D eigenvalue weighted by molar-refractivity contribution is 14.1. The standard InChI is InChI=1S/C24H16ClI2NO3/c1-14-5-2-3-8-18(14)23-28-21(24(29)31-23)12-16-10-19(26)22(20(27)11-16)30-13-15-6-4-7-17(25)9-15/h2-12H,13H2,1H3/b21-12-. The molecule has 0 atom stereocenters. The number of cyclic esters (lactones) is 1. The van der Waals surface area contributed by atoms with Crippen LogP contribution in [0.2, 0.25) is 5.02 Å². The molecule has 4 rings (SSSR count). The minimum absolute atomic E-state index is 0.275. The molecule has 0 unspecified atom stereocenters. The zero-order valence-corrected chi connectivity index (χ0v) is 21.4. The molecule has 156 valence electrons. The Morgan fingerprint density at radius 2 is 1.81 bits per heavy atom. The Kier molecular flexibility index (Phi) is 6.98. The molecule has 0 radical (unpaired) electrons. The van der Waals surface area contributed by atoms with Crippen molar-refractivity contribution in [1.29, 1.82) is 0 Å². The van der Waals surface area contributed by atoms with Crippen LogP contribution < -0.4 is 4.74 Å². The highest BCUT2D eigenvalue weighted by atomic mass is 127. The third kappa shape index (κ3) is 5.30. The summed E-state index contributed by atoms with van der Waals surface area (Å²) in [4.78, 5) is 16.8. The highest BCUT2D eigenvalue weighted by Gasteiger charge is 2.25. The molecule has 0 amide bonds. The summed E-state index contributed by atoms with van der Waals surface area (Å²) in [6, 6.07) is 19.2. The van der Waals surface area contributed by atoms with Crippen molar-refractivity contribution in [2.24, 2.45) is 4.99 Å². The molecule has 7 heteroatoms. The van der Waals surface area contributed by atoms with Crippen LogP contribution in [0.4, 0.5) is 0 Å². The van der Waals surface area contributed by atoms with Gasteiger partial charge >= 0.3 is 5.97 Å². The average molecular weight is 656 g/mol. The Morgan fingerprint density at radius 1 is 1.06 bits per heavy atom. The van der Waals surface area contributed by atoms with Crippen LogP contribution in [0.3, 0.4) is 0 Å². The maximum Gasteiger partial charge on any atom is 0.363 e. The van der Waals surface area contributed by atoms with Gasteiger partial charge in [0.1, 0.15) is 12.4 Å². The summed E-state index contributed by atoms with van der Waals surface area (Å²) < 4.78 is 13.3. The zero-order chi connectivity index (χ0) is 22.0. The molecule has 3 aromatic rings. The van der Waals surface area contributed by atoms with Gasteiger partial charge in [-0.1, -0.05) is 41.9 Å². The lowest BCUT2D eigenvalue weighted by Gasteiger charge is -2.12. The molecule has 0 saturated carbocycles. The van der Waals surface area contributed by atoms with Crippen LogP contribution in [0.25, 0.3) is 6.08 Å². The second-order valence-corrected chi connectivity index (χ2v) is 9.64. The van der Waals surface area contributed by atoms with E-state index in [9.17, 15) is 4.79 Å². The third-order valence-electron chi connectivity index (χ3n) is 4.59. The quantitative estimate of drug-likeness (QED) is 0.173. The van der Waals surface area contributed by atoms with Gasteiger partial charge < -0.3 is 9.47 Å². The Labute approximate surface area is 212 Å². The second kappa shape index (κ2) is 9.70. The van der Waals surface area contributed by atoms with Crippen molar-refractivity contribution in [2.75, 3.05) is 0 Å². The smallest absolute Gasteiger partial charge is 0.363 e. The predicted octanol–water partition coefficient (Wildman–Crippen LogP) is 6.78. The molecule has 0 bridgehead atoms.